The van der Waals surface area contributed by atoms with E-state index in [0.717, 1.165) is 11.4 Å². The van der Waals surface area contributed by atoms with Gasteiger partial charge in [-0.25, -0.2) is 0 Å². The maximum absolute atomic E-state index is 12.7. The zero-order valence-electron chi connectivity index (χ0n) is 19.0. The molecular formula is C24H27ClN4O4. The first-order chi connectivity index (χ1) is 15.8. The fourth-order valence-electron chi connectivity index (χ4n) is 3.27. The summed E-state index contributed by atoms with van der Waals surface area (Å²) >= 11 is 6.34. The third-order valence-electron chi connectivity index (χ3n) is 4.81. The molecule has 1 atom stereocenters. The molecule has 0 fully saturated rings. The Bertz CT molecular complexity index is 1150. The molecule has 0 spiro atoms. The SMILES string of the molecule is CCOc1ccccc1OCC(=O)Nc1ccc(NC(=O)C(C)n2nc(C)cc2C)c(Cl)c1. The maximum atomic E-state index is 12.7. The summed E-state index contributed by atoms with van der Waals surface area (Å²) in [5.41, 5.74) is 2.66. The van der Waals surface area contributed by atoms with Crippen LogP contribution < -0.4 is 20.1 Å². The van der Waals surface area contributed by atoms with Gasteiger partial charge in [-0.15, -0.1) is 0 Å². The van der Waals surface area contributed by atoms with Crippen LogP contribution in [0.3, 0.4) is 0 Å². The van der Waals surface area contributed by atoms with E-state index < -0.39 is 6.04 Å². The summed E-state index contributed by atoms with van der Waals surface area (Å²) < 4.78 is 12.7. The number of aryl methyl sites for hydroxylation is 2. The molecule has 2 N–H and O–H groups in total. The van der Waals surface area contributed by atoms with Gasteiger partial charge in [0.05, 0.1) is 23.0 Å². The molecule has 33 heavy (non-hydrogen) atoms. The quantitative estimate of drug-likeness (QED) is 0.469. The van der Waals surface area contributed by atoms with Crippen molar-refractivity contribution in [1.82, 2.24) is 9.78 Å². The number of carbonyl (C=O) groups is 2. The molecule has 1 heterocycles. The van der Waals surface area contributed by atoms with E-state index in [9.17, 15) is 9.59 Å². The van der Waals surface area contributed by atoms with Crippen molar-refractivity contribution in [3.8, 4) is 11.5 Å². The summed E-state index contributed by atoms with van der Waals surface area (Å²) in [6, 6.07) is 13.4. The second kappa shape index (κ2) is 10.9. The molecule has 0 aliphatic rings. The van der Waals surface area contributed by atoms with E-state index in [4.69, 9.17) is 21.1 Å². The first kappa shape index (κ1) is 24.1. The average molecular weight is 471 g/mol. The number of rotatable bonds is 9. The number of para-hydroxylation sites is 2. The van der Waals surface area contributed by atoms with Crippen molar-refractivity contribution in [3.63, 3.8) is 0 Å². The van der Waals surface area contributed by atoms with E-state index in [1.54, 1.807) is 48.0 Å². The monoisotopic (exact) mass is 470 g/mol. The number of nitrogens with one attached hydrogen (secondary N) is 2. The van der Waals surface area contributed by atoms with Gasteiger partial charge >= 0.3 is 0 Å². The molecule has 1 unspecified atom stereocenters. The van der Waals surface area contributed by atoms with E-state index in [1.165, 1.54) is 0 Å². The molecule has 0 saturated carbocycles. The third kappa shape index (κ3) is 6.26. The van der Waals surface area contributed by atoms with Gasteiger partial charge in [-0.2, -0.15) is 5.10 Å². The van der Waals surface area contributed by atoms with Crippen LogP contribution in [-0.4, -0.2) is 34.8 Å². The smallest absolute Gasteiger partial charge is 0.262 e. The van der Waals surface area contributed by atoms with Crippen LogP contribution >= 0.6 is 11.6 Å². The molecule has 0 saturated heterocycles. The van der Waals surface area contributed by atoms with Crippen molar-refractivity contribution >= 4 is 34.8 Å². The van der Waals surface area contributed by atoms with Gasteiger partial charge in [0.1, 0.15) is 6.04 Å². The topological polar surface area (TPSA) is 94.5 Å². The molecule has 1 aromatic heterocycles. The van der Waals surface area contributed by atoms with E-state index in [-0.39, 0.29) is 18.4 Å². The summed E-state index contributed by atoms with van der Waals surface area (Å²) in [6.45, 7) is 7.71. The summed E-state index contributed by atoms with van der Waals surface area (Å²) in [4.78, 5) is 25.0. The van der Waals surface area contributed by atoms with E-state index in [1.807, 2.05) is 32.9 Å². The molecule has 9 heteroatoms. The number of carbonyl (C=O) groups excluding carboxylic acids is 2. The zero-order valence-corrected chi connectivity index (χ0v) is 19.8. The van der Waals surface area contributed by atoms with Crippen molar-refractivity contribution in [2.75, 3.05) is 23.8 Å². The molecular weight excluding hydrogens is 444 g/mol. The van der Waals surface area contributed by atoms with E-state index in [0.29, 0.717) is 34.5 Å². The van der Waals surface area contributed by atoms with Crippen molar-refractivity contribution < 1.29 is 19.1 Å². The second-order valence-corrected chi connectivity index (χ2v) is 7.86. The maximum Gasteiger partial charge on any atom is 0.262 e. The lowest BCUT2D eigenvalue weighted by molar-refractivity contribution is -0.119. The molecule has 2 aromatic carbocycles. The minimum absolute atomic E-state index is 0.194. The second-order valence-electron chi connectivity index (χ2n) is 7.45. The highest BCUT2D eigenvalue weighted by molar-refractivity contribution is 6.34. The number of hydrogen-bond donors (Lipinski definition) is 2. The minimum Gasteiger partial charge on any atom is -0.490 e. The number of benzene rings is 2. The molecule has 3 rings (SSSR count). The van der Waals surface area contributed by atoms with Gasteiger partial charge < -0.3 is 20.1 Å². The molecule has 8 nitrogen and oxygen atoms in total. The Morgan fingerprint density at radius 1 is 1.06 bits per heavy atom. The fraction of sp³-hybridized carbons (Fsp3) is 0.292. The summed E-state index contributed by atoms with van der Waals surface area (Å²) in [7, 11) is 0. The van der Waals surface area contributed by atoms with Crippen LogP contribution in [-0.2, 0) is 9.59 Å². The van der Waals surface area contributed by atoms with Gasteiger partial charge in [-0.3, -0.25) is 14.3 Å². The lowest BCUT2D eigenvalue weighted by Gasteiger charge is -2.16. The molecule has 174 valence electrons. The fourth-order valence-corrected chi connectivity index (χ4v) is 3.49. The van der Waals surface area contributed by atoms with Crippen LogP contribution in [0.4, 0.5) is 11.4 Å². The predicted octanol–water partition coefficient (Wildman–Crippen LogP) is 4.77. The van der Waals surface area contributed by atoms with Gasteiger partial charge in [-0.05, 0) is 64.1 Å². The predicted molar refractivity (Wildman–Crippen MR) is 128 cm³/mol. The zero-order chi connectivity index (χ0) is 24.0. The standard InChI is InChI=1S/C24H27ClN4O4/c1-5-32-21-8-6-7-9-22(21)33-14-23(30)26-18-10-11-20(19(25)13-18)27-24(31)17(4)29-16(3)12-15(2)28-29/h6-13,17H,5,14H2,1-4H3,(H,26,30)(H,27,31). The Labute approximate surface area is 197 Å². The summed E-state index contributed by atoms with van der Waals surface area (Å²) in [5, 5.41) is 10.2. The Balaban J connectivity index is 1.58. The lowest BCUT2D eigenvalue weighted by atomic mass is 10.2. The molecule has 3 aromatic rings. The van der Waals surface area contributed by atoms with Gasteiger partial charge in [0.25, 0.3) is 5.91 Å². The number of hydrogen-bond acceptors (Lipinski definition) is 5. The van der Waals surface area contributed by atoms with Crippen LogP contribution in [0.5, 0.6) is 11.5 Å². The average Bonchev–Trinajstić information content (AvgIpc) is 3.12. The highest BCUT2D eigenvalue weighted by Gasteiger charge is 2.19. The Kier molecular flexibility index (Phi) is 7.95. The van der Waals surface area contributed by atoms with E-state index >= 15 is 0 Å². The molecule has 0 radical (unpaired) electrons. The van der Waals surface area contributed by atoms with Crippen molar-refractivity contribution in [2.45, 2.75) is 33.7 Å². The van der Waals surface area contributed by atoms with Crippen LogP contribution in [0.2, 0.25) is 5.02 Å². The molecule has 2 amide bonds. The lowest BCUT2D eigenvalue weighted by Crippen LogP contribution is -2.25. The van der Waals surface area contributed by atoms with Crippen LogP contribution in [0, 0.1) is 13.8 Å². The van der Waals surface area contributed by atoms with Crippen LogP contribution in [0.1, 0.15) is 31.3 Å². The molecule has 0 aliphatic carbocycles. The molecule has 0 aliphatic heterocycles. The Morgan fingerprint density at radius 3 is 2.36 bits per heavy atom. The number of anilines is 2. The summed E-state index contributed by atoms with van der Waals surface area (Å²) in [5.74, 6) is 0.460. The third-order valence-corrected chi connectivity index (χ3v) is 5.12. The molecule has 0 bridgehead atoms. The van der Waals surface area contributed by atoms with Gasteiger partial charge in [0.2, 0.25) is 5.91 Å². The summed E-state index contributed by atoms with van der Waals surface area (Å²) in [6.07, 6.45) is 0. The van der Waals surface area contributed by atoms with Gasteiger partial charge in [0, 0.05) is 11.4 Å². The normalized spacial score (nSPS) is 11.5. The van der Waals surface area contributed by atoms with Gasteiger partial charge in [-0.1, -0.05) is 23.7 Å². The number of ether oxygens (including phenoxy) is 2. The number of aromatic nitrogens is 2. The number of halogens is 1. The highest BCUT2D eigenvalue weighted by atomic mass is 35.5. The minimum atomic E-state index is -0.508. The van der Waals surface area contributed by atoms with Gasteiger partial charge in [0.15, 0.2) is 18.1 Å². The Hall–Kier alpha value is -3.52. The van der Waals surface area contributed by atoms with Crippen molar-refractivity contribution in [3.05, 3.63) is 64.9 Å². The van der Waals surface area contributed by atoms with Crippen LogP contribution in [0.25, 0.3) is 0 Å². The number of nitrogens with zero attached hydrogens (tertiary/aromatic N) is 2. The largest absolute Gasteiger partial charge is 0.490 e. The first-order valence-electron chi connectivity index (χ1n) is 10.6. The van der Waals surface area contributed by atoms with Crippen molar-refractivity contribution in [2.24, 2.45) is 0 Å². The van der Waals surface area contributed by atoms with Crippen molar-refractivity contribution in [1.29, 1.82) is 0 Å². The van der Waals surface area contributed by atoms with E-state index in [2.05, 4.69) is 15.7 Å². The first-order valence-corrected chi connectivity index (χ1v) is 10.9. The number of amides is 2. The highest BCUT2D eigenvalue weighted by Crippen LogP contribution is 2.28. The Morgan fingerprint density at radius 2 is 1.76 bits per heavy atom. The van der Waals surface area contributed by atoms with Crippen LogP contribution in [0.15, 0.2) is 48.5 Å².